The lowest BCUT2D eigenvalue weighted by molar-refractivity contribution is -0.384. The molecule has 1 aromatic carbocycles. The van der Waals surface area contributed by atoms with Gasteiger partial charge in [0.15, 0.2) is 5.96 Å². The Balaban J connectivity index is 1.76. The second-order valence-electron chi connectivity index (χ2n) is 5.10. The summed E-state index contributed by atoms with van der Waals surface area (Å²) in [7, 11) is 1.71. The molecule has 7 nitrogen and oxygen atoms in total. The quantitative estimate of drug-likeness (QED) is 0.347. The van der Waals surface area contributed by atoms with Gasteiger partial charge in [-0.3, -0.25) is 15.1 Å². The van der Waals surface area contributed by atoms with E-state index in [1.165, 1.54) is 17.0 Å². The van der Waals surface area contributed by atoms with E-state index in [4.69, 9.17) is 0 Å². The Labute approximate surface area is 145 Å². The van der Waals surface area contributed by atoms with Crippen molar-refractivity contribution in [3.63, 3.8) is 0 Å². The van der Waals surface area contributed by atoms with Crippen molar-refractivity contribution in [3.05, 3.63) is 56.0 Å². The molecular weight excluding hydrogens is 326 g/mol. The van der Waals surface area contributed by atoms with Gasteiger partial charge in [0.2, 0.25) is 0 Å². The van der Waals surface area contributed by atoms with E-state index in [0.29, 0.717) is 12.5 Å². The monoisotopic (exact) mass is 347 g/mol. The maximum Gasteiger partial charge on any atom is 0.269 e. The van der Waals surface area contributed by atoms with Gasteiger partial charge in [-0.25, -0.2) is 4.98 Å². The van der Waals surface area contributed by atoms with E-state index in [1.807, 2.05) is 6.20 Å². The number of aromatic nitrogens is 1. The maximum atomic E-state index is 10.6. The van der Waals surface area contributed by atoms with Crippen molar-refractivity contribution in [3.8, 4) is 0 Å². The van der Waals surface area contributed by atoms with Crippen molar-refractivity contribution in [2.24, 2.45) is 4.99 Å². The van der Waals surface area contributed by atoms with Gasteiger partial charge < -0.3 is 10.6 Å². The second-order valence-corrected chi connectivity index (χ2v) is 6.30. The van der Waals surface area contributed by atoms with Crippen molar-refractivity contribution in [2.45, 2.75) is 26.3 Å². The first-order chi connectivity index (χ1) is 11.6. The summed E-state index contributed by atoms with van der Waals surface area (Å²) in [4.78, 5) is 20.1. The molecule has 0 aliphatic carbocycles. The van der Waals surface area contributed by atoms with Gasteiger partial charge in [-0.15, -0.1) is 11.3 Å². The summed E-state index contributed by atoms with van der Waals surface area (Å²) in [5, 5.41) is 18.2. The highest BCUT2D eigenvalue weighted by Crippen LogP contribution is 2.13. The maximum absolute atomic E-state index is 10.6. The Morgan fingerprint density at radius 2 is 2.08 bits per heavy atom. The number of rotatable bonds is 7. The molecule has 0 unspecified atom stereocenters. The molecule has 0 bridgehead atoms. The fraction of sp³-hybridized carbons (Fsp3) is 0.375. The van der Waals surface area contributed by atoms with E-state index in [1.54, 1.807) is 30.5 Å². The highest BCUT2D eigenvalue weighted by molar-refractivity contribution is 7.11. The number of nitro benzene ring substituents is 1. The van der Waals surface area contributed by atoms with E-state index in [-0.39, 0.29) is 5.69 Å². The third kappa shape index (κ3) is 5.31. The molecule has 0 aliphatic heterocycles. The van der Waals surface area contributed by atoms with Crippen molar-refractivity contribution in [2.75, 3.05) is 13.6 Å². The van der Waals surface area contributed by atoms with Gasteiger partial charge in [0.05, 0.1) is 9.93 Å². The van der Waals surface area contributed by atoms with Gasteiger partial charge in [-0.05, 0) is 12.0 Å². The van der Waals surface area contributed by atoms with E-state index in [2.05, 4.69) is 27.5 Å². The summed E-state index contributed by atoms with van der Waals surface area (Å²) in [6.45, 7) is 3.42. The Bertz CT molecular complexity index is 697. The lowest BCUT2D eigenvalue weighted by atomic mass is 10.2. The van der Waals surface area contributed by atoms with Gasteiger partial charge in [-0.2, -0.15) is 0 Å². The number of aliphatic imine (C=N–C) groups is 1. The van der Waals surface area contributed by atoms with Crippen LogP contribution in [-0.2, 0) is 19.4 Å². The average Bonchev–Trinajstić information content (AvgIpc) is 3.06. The number of non-ortho nitro benzene ring substituents is 1. The SMILES string of the molecule is CCc1cnc(CCNC(=NC)NCc2ccc([N+](=O)[O-])cc2)s1. The number of guanidine groups is 1. The second kappa shape index (κ2) is 8.97. The van der Waals surface area contributed by atoms with Crippen LogP contribution in [0.5, 0.6) is 0 Å². The van der Waals surface area contributed by atoms with Gasteiger partial charge >= 0.3 is 0 Å². The Morgan fingerprint density at radius 1 is 1.33 bits per heavy atom. The molecule has 0 saturated heterocycles. The third-order valence-corrected chi connectivity index (χ3v) is 4.61. The lowest BCUT2D eigenvalue weighted by Gasteiger charge is -2.11. The van der Waals surface area contributed by atoms with Crippen molar-refractivity contribution >= 4 is 23.0 Å². The molecule has 0 aliphatic rings. The minimum Gasteiger partial charge on any atom is -0.356 e. The molecule has 1 aromatic heterocycles. The zero-order valence-corrected chi connectivity index (χ0v) is 14.6. The topological polar surface area (TPSA) is 92.5 Å². The van der Waals surface area contributed by atoms with E-state index < -0.39 is 4.92 Å². The van der Waals surface area contributed by atoms with Crippen LogP contribution in [-0.4, -0.2) is 29.5 Å². The largest absolute Gasteiger partial charge is 0.356 e. The summed E-state index contributed by atoms with van der Waals surface area (Å²) in [6.07, 6.45) is 3.80. The van der Waals surface area contributed by atoms with Crippen LogP contribution in [0.15, 0.2) is 35.5 Å². The molecule has 8 heteroatoms. The lowest BCUT2D eigenvalue weighted by Crippen LogP contribution is -2.37. The molecule has 2 rings (SSSR count). The first kappa shape index (κ1) is 17.9. The number of nitrogens with one attached hydrogen (secondary N) is 2. The van der Waals surface area contributed by atoms with Crippen LogP contribution < -0.4 is 10.6 Å². The molecule has 0 amide bonds. The molecule has 2 N–H and O–H groups in total. The Hall–Kier alpha value is -2.48. The number of benzene rings is 1. The Morgan fingerprint density at radius 3 is 2.67 bits per heavy atom. The van der Waals surface area contributed by atoms with Crippen LogP contribution in [0.3, 0.4) is 0 Å². The average molecular weight is 347 g/mol. The molecule has 1 heterocycles. The number of aryl methyl sites for hydroxylation is 1. The van der Waals surface area contributed by atoms with E-state index >= 15 is 0 Å². The molecular formula is C16H21N5O2S. The zero-order valence-electron chi connectivity index (χ0n) is 13.8. The van der Waals surface area contributed by atoms with Crippen LogP contribution in [0.2, 0.25) is 0 Å². The zero-order chi connectivity index (χ0) is 17.4. The minimum absolute atomic E-state index is 0.0937. The van der Waals surface area contributed by atoms with Crippen LogP contribution in [0, 0.1) is 10.1 Å². The standard InChI is InChI=1S/C16H21N5O2S/c1-3-14-11-19-15(24-14)8-9-18-16(17-2)20-10-12-4-6-13(7-5-12)21(22)23/h4-7,11H,3,8-10H2,1-2H3,(H2,17,18,20). The predicted octanol–water partition coefficient (Wildman–Crippen LogP) is 2.52. The smallest absolute Gasteiger partial charge is 0.269 e. The molecule has 0 spiro atoms. The third-order valence-electron chi connectivity index (χ3n) is 3.41. The van der Waals surface area contributed by atoms with E-state index in [0.717, 1.165) is 30.0 Å². The molecule has 0 radical (unpaired) electrons. The normalized spacial score (nSPS) is 11.3. The van der Waals surface area contributed by atoms with Crippen molar-refractivity contribution in [1.29, 1.82) is 0 Å². The molecule has 24 heavy (non-hydrogen) atoms. The predicted molar refractivity (Wildman–Crippen MR) is 96.5 cm³/mol. The summed E-state index contributed by atoms with van der Waals surface area (Å²) in [5.74, 6) is 0.695. The van der Waals surface area contributed by atoms with Crippen LogP contribution in [0.1, 0.15) is 22.4 Å². The molecule has 0 atom stereocenters. The number of thiazole rings is 1. The van der Waals surface area contributed by atoms with Crippen LogP contribution >= 0.6 is 11.3 Å². The summed E-state index contributed by atoms with van der Waals surface area (Å²) in [6, 6.07) is 6.47. The molecule has 2 aromatic rings. The Kier molecular flexibility index (Phi) is 6.68. The van der Waals surface area contributed by atoms with Crippen LogP contribution in [0.25, 0.3) is 0 Å². The van der Waals surface area contributed by atoms with Gasteiger partial charge in [-0.1, -0.05) is 19.1 Å². The molecule has 0 saturated carbocycles. The van der Waals surface area contributed by atoms with E-state index in [9.17, 15) is 10.1 Å². The molecule has 128 valence electrons. The summed E-state index contributed by atoms with van der Waals surface area (Å²) >= 11 is 1.74. The van der Waals surface area contributed by atoms with Crippen molar-refractivity contribution < 1.29 is 4.92 Å². The van der Waals surface area contributed by atoms with Gasteiger partial charge in [0.25, 0.3) is 5.69 Å². The minimum atomic E-state index is -0.403. The number of hydrogen-bond donors (Lipinski definition) is 2. The first-order valence-corrected chi connectivity index (χ1v) is 8.55. The van der Waals surface area contributed by atoms with Gasteiger partial charge in [0.1, 0.15) is 0 Å². The highest BCUT2D eigenvalue weighted by atomic mass is 32.1. The van der Waals surface area contributed by atoms with Gasteiger partial charge in [0, 0.05) is 49.8 Å². The fourth-order valence-electron chi connectivity index (χ4n) is 2.06. The summed E-state index contributed by atoms with van der Waals surface area (Å²) < 4.78 is 0. The molecule has 0 fully saturated rings. The number of hydrogen-bond acceptors (Lipinski definition) is 5. The fourth-order valence-corrected chi connectivity index (χ4v) is 2.92. The van der Waals surface area contributed by atoms with Crippen LogP contribution in [0.4, 0.5) is 5.69 Å². The highest BCUT2D eigenvalue weighted by Gasteiger charge is 2.05. The summed E-state index contributed by atoms with van der Waals surface area (Å²) in [5.41, 5.74) is 1.05. The number of nitro groups is 1. The van der Waals surface area contributed by atoms with Crippen molar-refractivity contribution in [1.82, 2.24) is 15.6 Å². The number of nitrogens with zero attached hydrogens (tertiary/aromatic N) is 3. The first-order valence-electron chi connectivity index (χ1n) is 7.73.